The van der Waals surface area contributed by atoms with E-state index in [2.05, 4.69) is 29.6 Å². The van der Waals surface area contributed by atoms with Crippen LogP contribution in [0.5, 0.6) is 0 Å². The molecule has 0 amide bonds. The summed E-state index contributed by atoms with van der Waals surface area (Å²) in [6.07, 6.45) is 8.23. The maximum absolute atomic E-state index is 11.6. The van der Waals surface area contributed by atoms with Crippen molar-refractivity contribution in [3.8, 4) is 0 Å². The first kappa shape index (κ1) is 12.8. The number of rotatable bonds is 1. The molecule has 0 radical (unpaired) electrons. The Morgan fingerprint density at radius 1 is 0.950 bits per heavy atom. The maximum Gasteiger partial charge on any atom is 0.0862 e. The number of benzene rings is 1. The van der Waals surface area contributed by atoms with Crippen LogP contribution in [0.25, 0.3) is 0 Å². The summed E-state index contributed by atoms with van der Waals surface area (Å²) >= 11 is 0. The van der Waals surface area contributed by atoms with Crippen LogP contribution >= 0.6 is 0 Å². The summed E-state index contributed by atoms with van der Waals surface area (Å²) < 4.78 is 0. The molecule has 2 N–H and O–H groups in total. The lowest BCUT2D eigenvalue weighted by Crippen LogP contribution is -2.58. The van der Waals surface area contributed by atoms with Crippen molar-refractivity contribution in [2.24, 2.45) is 11.8 Å². The smallest absolute Gasteiger partial charge is 0.0862 e. The van der Waals surface area contributed by atoms with Crippen molar-refractivity contribution in [3.05, 3.63) is 35.4 Å². The highest BCUT2D eigenvalue weighted by Crippen LogP contribution is 2.49. The molecule has 3 aliphatic rings. The van der Waals surface area contributed by atoms with Gasteiger partial charge in [-0.3, -0.25) is 0 Å². The summed E-state index contributed by atoms with van der Waals surface area (Å²) in [7, 11) is 0. The molecule has 0 aromatic heterocycles. The molecule has 2 heteroatoms. The first-order chi connectivity index (χ1) is 9.78. The van der Waals surface area contributed by atoms with E-state index in [-0.39, 0.29) is 0 Å². The van der Waals surface area contributed by atoms with Crippen LogP contribution in [0.1, 0.15) is 43.2 Å². The van der Waals surface area contributed by atoms with E-state index in [4.69, 9.17) is 0 Å². The number of aliphatic hydroxyl groups is 1. The van der Waals surface area contributed by atoms with E-state index in [0.717, 1.165) is 25.8 Å². The molecule has 1 aromatic rings. The first-order valence-corrected chi connectivity index (χ1v) is 8.31. The highest BCUT2D eigenvalue weighted by Gasteiger charge is 2.54. The Kier molecular flexibility index (Phi) is 3.12. The first-order valence-electron chi connectivity index (χ1n) is 8.31. The highest BCUT2D eigenvalue weighted by molar-refractivity contribution is 5.32. The van der Waals surface area contributed by atoms with Gasteiger partial charge in [0.25, 0.3) is 0 Å². The zero-order chi connectivity index (χ0) is 13.6. The number of hydrogen-bond acceptors (Lipinski definition) is 2. The Morgan fingerprint density at radius 2 is 1.60 bits per heavy atom. The third-order valence-electron chi connectivity index (χ3n) is 6.09. The maximum atomic E-state index is 11.6. The van der Waals surface area contributed by atoms with E-state index >= 15 is 0 Å². The van der Waals surface area contributed by atoms with Crippen LogP contribution in [0.3, 0.4) is 0 Å². The van der Waals surface area contributed by atoms with Gasteiger partial charge in [-0.05, 0) is 68.0 Å². The van der Waals surface area contributed by atoms with Gasteiger partial charge in [0, 0.05) is 6.04 Å². The van der Waals surface area contributed by atoms with Gasteiger partial charge in [0.2, 0.25) is 0 Å². The fourth-order valence-corrected chi connectivity index (χ4v) is 5.03. The largest absolute Gasteiger partial charge is 0.388 e. The molecule has 1 saturated heterocycles. The molecule has 108 valence electrons. The Balaban J connectivity index is 1.69. The summed E-state index contributed by atoms with van der Waals surface area (Å²) in [5.74, 6) is 0.901. The van der Waals surface area contributed by atoms with Crippen LogP contribution in [0.4, 0.5) is 0 Å². The van der Waals surface area contributed by atoms with E-state index in [1.807, 2.05) is 0 Å². The molecule has 1 saturated carbocycles. The van der Waals surface area contributed by atoms with Crippen molar-refractivity contribution in [1.29, 1.82) is 0 Å². The predicted molar refractivity (Wildman–Crippen MR) is 80.7 cm³/mol. The zero-order valence-electron chi connectivity index (χ0n) is 12.1. The predicted octanol–water partition coefficient (Wildman–Crippen LogP) is 2.68. The Hall–Kier alpha value is -0.860. The second kappa shape index (κ2) is 4.85. The van der Waals surface area contributed by atoms with E-state index in [9.17, 15) is 5.11 Å². The van der Waals surface area contributed by atoms with Crippen molar-refractivity contribution in [3.63, 3.8) is 0 Å². The topological polar surface area (TPSA) is 32.3 Å². The SMILES string of the molecule is OC1(C2CCCCN2)C2CCC1Cc1ccccc1C2. The van der Waals surface area contributed by atoms with E-state index in [1.165, 1.54) is 36.8 Å². The van der Waals surface area contributed by atoms with Gasteiger partial charge < -0.3 is 10.4 Å². The summed E-state index contributed by atoms with van der Waals surface area (Å²) in [6, 6.07) is 9.16. The van der Waals surface area contributed by atoms with Crippen LogP contribution < -0.4 is 5.32 Å². The minimum absolute atomic E-state index is 0.322. The zero-order valence-corrected chi connectivity index (χ0v) is 12.1. The Morgan fingerprint density at radius 3 is 2.15 bits per heavy atom. The number of piperidine rings is 1. The quantitative estimate of drug-likeness (QED) is 0.823. The molecule has 3 atom stereocenters. The van der Waals surface area contributed by atoms with Gasteiger partial charge in [0.05, 0.1) is 5.60 Å². The second-order valence-corrected chi connectivity index (χ2v) is 7.04. The van der Waals surface area contributed by atoms with Gasteiger partial charge in [-0.25, -0.2) is 0 Å². The van der Waals surface area contributed by atoms with E-state index < -0.39 is 5.60 Å². The third-order valence-corrected chi connectivity index (χ3v) is 6.09. The van der Waals surface area contributed by atoms with Crippen molar-refractivity contribution < 1.29 is 5.11 Å². The lowest BCUT2D eigenvalue weighted by atomic mass is 9.74. The van der Waals surface area contributed by atoms with Crippen LogP contribution in [0, 0.1) is 11.8 Å². The van der Waals surface area contributed by atoms with Crippen molar-refractivity contribution in [2.75, 3.05) is 6.54 Å². The van der Waals surface area contributed by atoms with Gasteiger partial charge in [-0.15, -0.1) is 0 Å². The monoisotopic (exact) mass is 271 g/mol. The lowest BCUT2D eigenvalue weighted by molar-refractivity contribution is -0.0716. The van der Waals surface area contributed by atoms with Gasteiger partial charge >= 0.3 is 0 Å². The highest BCUT2D eigenvalue weighted by atomic mass is 16.3. The van der Waals surface area contributed by atoms with Crippen molar-refractivity contribution in [2.45, 2.75) is 56.6 Å². The summed E-state index contributed by atoms with van der Waals surface area (Å²) in [5, 5.41) is 15.2. The van der Waals surface area contributed by atoms with Crippen molar-refractivity contribution >= 4 is 0 Å². The van der Waals surface area contributed by atoms with Gasteiger partial charge in [0.1, 0.15) is 0 Å². The summed E-state index contributed by atoms with van der Waals surface area (Å²) in [6.45, 7) is 1.08. The van der Waals surface area contributed by atoms with E-state index in [0.29, 0.717) is 17.9 Å². The molecule has 2 fully saturated rings. The van der Waals surface area contributed by atoms with Gasteiger partial charge in [-0.2, -0.15) is 0 Å². The Bertz CT molecular complexity index is 459. The van der Waals surface area contributed by atoms with E-state index in [1.54, 1.807) is 0 Å². The molecule has 1 aliphatic heterocycles. The molecule has 0 spiro atoms. The lowest BCUT2D eigenvalue weighted by Gasteiger charge is -2.43. The number of fused-ring (bicyclic) bond motifs is 3. The summed E-state index contributed by atoms with van der Waals surface area (Å²) in [5.41, 5.74) is 2.49. The molecule has 2 aliphatic carbocycles. The van der Waals surface area contributed by atoms with Crippen LogP contribution in [-0.2, 0) is 12.8 Å². The molecule has 20 heavy (non-hydrogen) atoms. The average molecular weight is 271 g/mol. The minimum Gasteiger partial charge on any atom is -0.388 e. The molecule has 4 rings (SSSR count). The van der Waals surface area contributed by atoms with Crippen LogP contribution in [0.15, 0.2) is 24.3 Å². The Labute approximate surface area is 121 Å². The molecule has 1 heterocycles. The molecule has 3 unspecified atom stereocenters. The fourth-order valence-electron chi connectivity index (χ4n) is 5.03. The second-order valence-electron chi connectivity index (χ2n) is 7.04. The van der Waals surface area contributed by atoms with Gasteiger partial charge in [-0.1, -0.05) is 30.7 Å². The molecule has 2 bridgehead atoms. The molecule has 1 aromatic carbocycles. The molecular formula is C18H25NO. The fraction of sp³-hybridized carbons (Fsp3) is 0.667. The molecule has 2 nitrogen and oxygen atoms in total. The van der Waals surface area contributed by atoms with Crippen LogP contribution in [-0.4, -0.2) is 23.3 Å². The summed E-state index contributed by atoms with van der Waals surface area (Å²) in [4.78, 5) is 0. The normalized spacial score (nSPS) is 40.1. The minimum atomic E-state index is -0.473. The standard InChI is InChI=1S/C18H25NO/c20-18(17-7-3-4-10-19-17)15-8-9-16(18)12-14-6-2-1-5-13(14)11-15/h1-2,5-6,15-17,19-20H,3-4,7-12H2. The van der Waals surface area contributed by atoms with Crippen LogP contribution in [0.2, 0.25) is 0 Å². The van der Waals surface area contributed by atoms with Gasteiger partial charge in [0.15, 0.2) is 0 Å². The molecular weight excluding hydrogens is 246 g/mol. The average Bonchev–Trinajstić information content (AvgIpc) is 2.72. The number of nitrogens with one attached hydrogen (secondary N) is 1. The third kappa shape index (κ3) is 1.85. The van der Waals surface area contributed by atoms with Crippen molar-refractivity contribution in [1.82, 2.24) is 5.32 Å². The number of hydrogen-bond donors (Lipinski definition) is 2.